The quantitative estimate of drug-likeness (QED) is 0.258. The highest BCUT2D eigenvalue weighted by Crippen LogP contribution is 2.02. The van der Waals surface area contributed by atoms with Gasteiger partial charge in [-0.3, -0.25) is 0 Å². The van der Waals surface area contributed by atoms with Crippen LogP contribution in [0.15, 0.2) is 24.8 Å². The van der Waals surface area contributed by atoms with Crippen LogP contribution in [0.4, 0.5) is 0 Å². The highest BCUT2D eigenvalue weighted by molar-refractivity contribution is 5.81. The molecule has 0 unspecified atom stereocenters. The molecule has 0 aromatic rings. The lowest BCUT2D eigenvalue weighted by Gasteiger charge is -1.96. The van der Waals surface area contributed by atoms with E-state index in [0.717, 1.165) is 12.8 Å². The molecule has 0 fully saturated rings. The van der Waals surface area contributed by atoms with E-state index < -0.39 is 0 Å². The highest BCUT2D eigenvalue weighted by atomic mass is 16.5. The number of hydrogen-bond donors (Lipinski definition) is 0. The Morgan fingerprint density at radius 3 is 2.79 bits per heavy atom. The highest BCUT2D eigenvalue weighted by Gasteiger charge is 1.92. The van der Waals surface area contributed by atoms with Crippen molar-refractivity contribution in [2.45, 2.75) is 39.0 Å². The van der Waals surface area contributed by atoms with E-state index in [4.69, 9.17) is 4.74 Å². The minimum absolute atomic E-state index is 0.277. The molecule has 0 aliphatic rings. The fourth-order valence-electron chi connectivity index (χ4n) is 1.06. The van der Waals surface area contributed by atoms with Crippen LogP contribution in [-0.4, -0.2) is 12.6 Å². The van der Waals surface area contributed by atoms with E-state index in [1.165, 1.54) is 25.3 Å². The summed E-state index contributed by atoms with van der Waals surface area (Å²) in [5.41, 5.74) is 0. The van der Waals surface area contributed by atoms with Crippen molar-refractivity contribution in [1.29, 1.82) is 0 Å². The molecule has 80 valence electrons. The smallest absolute Gasteiger partial charge is 0.330 e. The third-order valence-corrected chi connectivity index (χ3v) is 1.82. The number of carbonyl (C=O) groups excluding carboxylic acids is 1. The number of carbonyl (C=O) groups is 1. The molecule has 0 aliphatic carbocycles. The minimum atomic E-state index is -0.277. The summed E-state index contributed by atoms with van der Waals surface area (Å²) < 4.78 is 4.78. The Kier molecular flexibility index (Phi) is 9.28. The maximum Gasteiger partial charge on any atom is 0.330 e. The van der Waals surface area contributed by atoms with Crippen LogP contribution >= 0.6 is 0 Å². The van der Waals surface area contributed by atoms with Crippen molar-refractivity contribution in [3.05, 3.63) is 24.8 Å². The summed E-state index contributed by atoms with van der Waals surface area (Å²) in [7, 11) is 0. The number of rotatable bonds is 8. The topological polar surface area (TPSA) is 26.3 Å². The molecule has 0 aliphatic heterocycles. The molecule has 0 N–H and O–H groups in total. The van der Waals surface area contributed by atoms with Gasteiger partial charge in [0, 0.05) is 6.08 Å². The van der Waals surface area contributed by atoms with Crippen LogP contribution in [0.3, 0.4) is 0 Å². The molecule has 2 heteroatoms. The average molecular weight is 196 g/mol. The van der Waals surface area contributed by atoms with E-state index in [9.17, 15) is 4.79 Å². The van der Waals surface area contributed by atoms with Crippen LogP contribution in [0, 0.1) is 0 Å². The molecule has 0 bridgehead atoms. The Bertz CT molecular complexity index is 183. The molecule has 0 atom stereocenters. The Morgan fingerprint density at radius 2 is 2.14 bits per heavy atom. The van der Waals surface area contributed by atoms with Crippen LogP contribution < -0.4 is 0 Å². The number of allylic oxidation sites excluding steroid dienone is 1. The molecule has 0 saturated heterocycles. The molecule has 0 rings (SSSR count). The van der Waals surface area contributed by atoms with Crippen LogP contribution in [0.25, 0.3) is 0 Å². The lowest BCUT2D eigenvalue weighted by Crippen LogP contribution is -1.99. The summed E-state index contributed by atoms with van der Waals surface area (Å²) in [6, 6.07) is 0. The molecule has 14 heavy (non-hydrogen) atoms. The van der Waals surface area contributed by atoms with E-state index >= 15 is 0 Å². The number of ether oxygens (including phenoxy) is 1. The normalized spacial score (nSPS) is 10.4. The third-order valence-electron chi connectivity index (χ3n) is 1.82. The molecule has 0 amide bonds. The minimum Gasteiger partial charge on any atom is -0.458 e. The first-order chi connectivity index (χ1) is 6.81. The first-order valence-electron chi connectivity index (χ1n) is 5.25. The fraction of sp³-hybridized carbons (Fsp3) is 0.583. The SMILES string of the molecule is C=CCOC(=O)/C=C/CCCCCC. The van der Waals surface area contributed by atoms with E-state index in [2.05, 4.69) is 13.5 Å². The maximum absolute atomic E-state index is 10.9. The lowest BCUT2D eigenvalue weighted by molar-refractivity contribution is -0.136. The second kappa shape index (κ2) is 10.0. The molecule has 0 aromatic carbocycles. The van der Waals surface area contributed by atoms with E-state index in [-0.39, 0.29) is 5.97 Å². The van der Waals surface area contributed by atoms with Gasteiger partial charge < -0.3 is 4.74 Å². The van der Waals surface area contributed by atoms with Gasteiger partial charge in [-0.15, -0.1) is 0 Å². The van der Waals surface area contributed by atoms with Crippen molar-refractivity contribution < 1.29 is 9.53 Å². The molecule has 0 heterocycles. The largest absolute Gasteiger partial charge is 0.458 e. The maximum atomic E-state index is 10.9. The Morgan fingerprint density at radius 1 is 1.36 bits per heavy atom. The second-order valence-corrected chi connectivity index (χ2v) is 3.17. The second-order valence-electron chi connectivity index (χ2n) is 3.17. The number of hydrogen-bond acceptors (Lipinski definition) is 2. The van der Waals surface area contributed by atoms with Crippen molar-refractivity contribution in [3.8, 4) is 0 Å². The van der Waals surface area contributed by atoms with Crippen LogP contribution in [-0.2, 0) is 9.53 Å². The van der Waals surface area contributed by atoms with Crippen LogP contribution in [0.2, 0.25) is 0 Å². The lowest BCUT2D eigenvalue weighted by atomic mass is 10.1. The summed E-state index contributed by atoms with van der Waals surface area (Å²) in [6.45, 7) is 5.94. The average Bonchev–Trinajstić information content (AvgIpc) is 2.20. The summed E-state index contributed by atoms with van der Waals surface area (Å²) in [6.07, 6.45) is 10.8. The van der Waals surface area contributed by atoms with Crippen LogP contribution in [0.5, 0.6) is 0 Å². The zero-order valence-electron chi connectivity index (χ0n) is 9.00. The van der Waals surface area contributed by atoms with Crippen molar-refractivity contribution in [1.82, 2.24) is 0 Å². The van der Waals surface area contributed by atoms with Crippen molar-refractivity contribution in [3.63, 3.8) is 0 Å². The van der Waals surface area contributed by atoms with Gasteiger partial charge in [-0.2, -0.15) is 0 Å². The van der Waals surface area contributed by atoms with E-state index in [1.54, 1.807) is 6.08 Å². The van der Waals surface area contributed by atoms with Gasteiger partial charge in [0.2, 0.25) is 0 Å². The molecular weight excluding hydrogens is 176 g/mol. The monoisotopic (exact) mass is 196 g/mol. The molecule has 0 spiro atoms. The summed E-state index contributed by atoms with van der Waals surface area (Å²) >= 11 is 0. The van der Waals surface area contributed by atoms with Gasteiger partial charge in [0.1, 0.15) is 6.61 Å². The standard InChI is InChI=1S/C12H20O2/c1-3-5-6-7-8-9-10-12(13)14-11-4-2/h4,9-10H,2-3,5-8,11H2,1H3/b10-9+. The van der Waals surface area contributed by atoms with Crippen molar-refractivity contribution in [2.75, 3.05) is 6.61 Å². The van der Waals surface area contributed by atoms with Gasteiger partial charge in [-0.25, -0.2) is 4.79 Å². The van der Waals surface area contributed by atoms with Gasteiger partial charge in [-0.05, 0) is 12.8 Å². The fourth-order valence-corrected chi connectivity index (χ4v) is 1.06. The molecule has 2 nitrogen and oxygen atoms in total. The predicted octanol–water partition coefficient (Wildman–Crippen LogP) is 3.24. The van der Waals surface area contributed by atoms with Gasteiger partial charge in [0.25, 0.3) is 0 Å². The van der Waals surface area contributed by atoms with Gasteiger partial charge in [0.05, 0.1) is 0 Å². The Labute approximate surface area is 86.6 Å². The van der Waals surface area contributed by atoms with E-state index in [0.29, 0.717) is 6.61 Å². The summed E-state index contributed by atoms with van der Waals surface area (Å²) in [4.78, 5) is 10.9. The first kappa shape index (κ1) is 12.9. The number of unbranched alkanes of at least 4 members (excludes halogenated alkanes) is 4. The zero-order valence-corrected chi connectivity index (χ0v) is 9.00. The third kappa shape index (κ3) is 9.04. The molecule has 0 saturated carbocycles. The zero-order chi connectivity index (χ0) is 10.6. The first-order valence-corrected chi connectivity index (χ1v) is 5.25. The molecule has 0 aromatic heterocycles. The predicted molar refractivity (Wildman–Crippen MR) is 59.1 cm³/mol. The summed E-state index contributed by atoms with van der Waals surface area (Å²) in [5.74, 6) is -0.277. The summed E-state index contributed by atoms with van der Waals surface area (Å²) in [5, 5.41) is 0. The van der Waals surface area contributed by atoms with E-state index in [1.807, 2.05) is 6.08 Å². The van der Waals surface area contributed by atoms with Crippen molar-refractivity contribution in [2.24, 2.45) is 0 Å². The Hall–Kier alpha value is -1.05. The molecule has 0 radical (unpaired) electrons. The van der Waals surface area contributed by atoms with Gasteiger partial charge in [0.15, 0.2) is 0 Å². The Balaban J connectivity index is 3.32. The van der Waals surface area contributed by atoms with Gasteiger partial charge >= 0.3 is 5.97 Å². The molecular formula is C12H20O2. The van der Waals surface area contributed by atoms with Crippen LogP contribution in [0.1, 0.15) is 39.0 Å². The number of esters is 1. The van der Waals surface area contributed by atoms with Crippen molar-refractivity contribution >= 4 is 5.97 Å². The van der Waals surface area contributed by atoms with Gasteiger partial charge in [-0.1, -0.05) is 44.9 Å².